The van der Waals surface area contributed by atoms with Gasteiger partial charge in [0.1, 0.15) is 5.82 Å². The summed E-state index contributed by atoms with van der Waals surface area (Å²) in [5, 5.41) is 6.28. The molecule has 0 radical (unpaired) electrons. The van der Waals surface area contributed by atoms with E-state index in [1.54, 1.807) is 6.20 Å². The van der Waals surface area contributed by atoms with E-state index < -0.39 is 0 Å². The third-order valence-corrected chi connectivity index (χ3v) is 4.62. The Kier molecular flexibility index (Phi) is 3.54. The smallest absolute Gasteiger partial charge is 0.257 e. The van der Waals surface area contributed by atoms with E-state index in [0.717, 1.165) is 53.2 Å². The molecule has 24 heavy (non-hydrogen) atoms. The molecule has 6 heteroatoms. The van der Waals surface area contributed by atoms with Crippen LogP contribution in [0.2, 0.25) is 0 Å². The van der Waals surface area contributed by atoms with Gasteiger partial charge in [-0.3, -0.25) is 9.78 Å². The number of pyridine rings is 1. The highest BCUT2D eigenvalue weighted by atomic mass is 16.1. The van der Waals surface area contributed by atoms with Gasteiger partial charge in [-0.05, 0) is 49.2 Å². The summed E-state index contributed by atoms with van der Waals surface area (Å²) in [6.07, 6.45) is 4.34. The Balaban J connectivity index is 1.65. The first-order chi connectivity index (χ1) is 11.6. The zero-order chi connectivity index (χ0) is 16.7. The molecule has 3 heterocycles. The standard InChI is InChI=1S/C18H19N5O/c1-11-21-16-7-13(3-4-17(16)23(11)2)22-18(24)15-10-20-9-12-8-19-6-5-14(12)15/h3-4,7,9-10,19H,5-6,8H2,1-2H3,(H,22,24). The van der Waals surface area contributed by atoms with Crippen LogP contribution >= 0.6 is 0 Å². The fraction of sp³-hybridized carbons (Fsp3) is 0.278. The average Bonchev–Trinajstić information content (AvgIpc) is 2.88. The molecule has 0 aliphatic carbocycles. The maximum absolute atomic E-state index is 12.7. The first-order valence-corrected chi connectivity index (χ1v) is 8.04. The van der Waals surface area contributed by atoms with Gasteiger partial charge >= 0.3 is 0 Å². The Morgan fingerprint density at radius 1 is 1.33 bits per heavy atom. The van der Waals surface area contributed by atoms with Crippen molar-refractivity contribution >= 4 is 22.6 Å². The maximum Gasteiger partial charge on any atom is 0.257 e. The van der Waals surface area contributed by atoms with Gasteiger partial charge in [-0.25, -0.2) is 4.98 Å². The Morgan fingerprint density at radius 3 is 3.08 bits per heavy atom. The second-order valence-corrected chi connectivity index (χ2v) is 6.13. The number of rotatable bonds is 2. The van der Waals surface area contributed by atoms with E-state index in [0.29, 0.717) is 5.56 Å². The summed E-state index contributed by atoms with van der Waals surface area (Å²) in [5.74, 6) is 0.829. The molecule has 0 spiro atoms. The molecule has 4 rings (SSSR count). The fourth-order valence-corrected chi connectivity index (χ4v) is 3.21. The van der Waals surface area contributed by atoms with Gasteiger partial charge in [-0.1, -0.05) is 0 Å². The zero-order valence-electron chi connectivity index (χ0n) is 13.8. The number of fused-ring (bicyclic) bond motifs is 2. The highest BCUT2D eigenvalue weighted by Crippen LogP contribution is 2.22. The second kappa shape index (κ2) is 5.72. The van der Waals surface area contributed by atoms with Crippen LogP contribution in [0.3, 0.4) is 0 Å². The average molecular weight is 321 g/mol. The van der Waals surface area contributed by atoms with Gasteiger partial charge < -0.3 is 15.2 Å². The molecule has 2 aromatic heterocycles. The molecule has 0 atom stereocenters. The van der Waals surface area contributed by atoms with E-state index in [9.17, 15) is 4.79 Å². The van der Waals surface area contributed by atoms with Crippen LogP contribution in [0.4, 0.5) is 5.69 Å². The van der Waals surface area contributed by atoms with Crippen LogP contribution in [0, 0.1) is 6.92 Å². The van der Waals surface area contributed by atoms with Crippen LogP contribution in [0.5, 0.6) is 0 Å². The van der Waals surface area contributed by atoms with E-state index in [4.69, 9.17) is 0 Å². The van der Waals surface area contributed by atoms with Crippen molar-refractivity contribution < 1.29 is 4.79 Å². The molecule has 0 saturated heterocycles. The summed E-state index contributed by atoms with van der Waals surface area (Å²) in [5.41, 5.74) is 5.53. The van der Waals surface area contributed by atoms with E-state index in [1.807, 2.05) is 42.9 Å². The van der Waals surface area contributed by atoms with Gasteiger partial charge in [0.2, 0.25) is 0 Å². The molecule has 0 saturated carbocycles. The number of hydrogen-bond acceptors (Lipinski definition) is 4. The van der Waals surface area contributed by atoms with Gasteiger partial charge in [0, 0.05) is 31.7 Å². The Bertz CT molecular complexity index is 944. The molecule has 0 unspecified atom stereocenters. The molecular weight excluding hydrogens is 302 g/mol. The highest BCUT2D eigenvalue weighted by molar-refractivity contribution is 6.06. The fourth-order valence-electron chi connectivity index (χ4n) is 3.21. The molecule has 6 nitrogen and oxygen atoms in total. The van der Waals surface area contributed by atoms with E-state index >= 15 is 0 Å². The number of carbonyl (C=O) groups excluding carboxylic acids is 1. The lowest BCUT2D eigenvalue weighted by Gasteiger charge is -2.19. The molecule has 1 amide bonds. The van der Waals surface area contributed by atoms with Crippen molar-refractivity contribution in [1.82, 2.24) is 19.9 Å². The number of benzene rings is 1. The summed E-state index contributed by atoms with van der Waals surface area (Å²) in [6.45, 7) is 3.62. The lowest BCUT2D eigenvalue weighted by Crippen LogP contribution is -2.27. The number of amides is 1. The molecule has 1 aliphatic heterocycles. The van der Waals surface area contributed by atoms with Gasteiger partial charge in [0.05, 0.1) is 16.6 Å². The van der Waals surface area contributed by atoms with Crippen LogP contribution in [0.15, 0.2) is 30.6 Å². The molecule has 1 aromatic carbocycles. The van der Waals surface area contributed by atoms with E-state index in [1.165, 1.54) is 0 Å². The quantitative estimate of drug-likeness (QED) is 0.759. The monoisotopic (exact) mass is 321 g/mol. The third kappa shape index (κ3) is 2.45. The minimum Gasteiger partial charge on any atom is -0.331 e. The Hall–Kier alpha value is -2.73. The number of anilines is 1. The zero-order valence-corrected chi connectivity index (χ0v) is 13.8. The molecule has 3 aromatic rings. The van der Waals surface area contributed by atoms with Gasteiger partial charge in [-0.15, -0.1) is 0 Å². The second-order valence-electron chi connectivity index (χ2n) is 6.13. The number of carbonyl (C=O) groups is 1. The molecule has 1 aliphatic rings. The minimum atomic E-state index is -0.117. The van der Waals surface area contributed by atoms with Crippen molar-refractivity contribution in [1.29, 1.82) is 0 Å². The molecule has 0 bridgehead atoms. The van der Waals surface area contributed by atoms with Crippen molar-refractivity contribution in [3.63, 3.8) is 0 Å². The summed E-state index contributed by atoms with van der Waals surface area (Å²) in [6, 6.07) is 5.80. The van der Waals surface area contributed by atoms with Crippen molar-refractivity contribution in [2.45, 2.75) is 19.9 Å². The summed E-state index contributed by atoms with van der Waals surface area (Å²) < 4.78 is 2.03. The predicted octanol–water partition coefficient (Wildman–Crippen LogP) is 2.17. The molecule has 2 N–H and O–H groups in total. The largest absolute Gasteiger partial charge is 0.331 e. The molecule has 0 fully saturated rings. The minimum absolute atomic E-state index is 0.117. The Labute approximate surface area is 139 Å². The maximum atomic E-state index is 12.7. The first kappa shape index (κ1) is 14.8. The van der Waals surface area contributed by atoms with Crippen molar-refractivity contribution in [2.24, 2.45) is 7.05 Å². The van der Waals surface area contributed by atoms with Crippen LogP contribution in [0.25, 0.3) is 11.0 Å². The lowest BCUT2D eigenvalue weighted by atomic mass is 9.98. The van der Waals surface area contributed by atoms with Gasteiger partial charge in [0.15, 0.2) is 0 Å². The summed E-state index contributed by atoms with van der Waals surface area (Å²) in [7, 11) is 1.98. The lowest BCUT2D eigenvalue weighted by molar-refractivity contribution is 0.102. The third-order valence-electron chi connectivity index (χ3n) is 4.62. The number of aromatic nitrogens is 3. The van der Waals surface area contributed by atoms with Crippen LogP contribution < -0.4 is 10.6 Å². The summed E-state index contributed by atoms with van der Waals surface area (Å²) >= 11 is 0. The predicted molar refractivity (Wildman–Crippen MR) is 93.1 cm³/mol. The summed E-state index contributed by atoms with van der Waals surface area (Å²) in [4.78, 5) is 21.4. The Morgan fingerprint density at radius 2 is 2.21 bits per heavy atom. The van der Waals surface area contributed by atoms with Crippen molar-refractivity contribution in [3.05, 3.63) is 53.1 Å². The van der Waals surface area contributed by atoms with Gasteiger partial charge in [0.25, 0.3) is 5.91 Å². The number of nitrogens with one attached hydrogen (secondary N) is 2. The van der Waals surface area contributed by atoms with Crippen molar-refractivity contribution in [2.75, 3.05) is 11.9 Å². The van der Waals surface area contributed by atoms with Crippen LogP contribution in [-0.2, 0) is 20.0 Å². The number of nitrogens with zero attached hydrogens (tertiary/aromatic N) is 3. The van der Waals surface area contributed by atoms with Crippen molar-refractivity contribution in [3.8, 4) is 0 Å². The number of hydrogen-bond donors (Lipinski definition) is 2. The topological polar surface area (TPSA) is 71.8 Å². The first-order valence-electron chi connectivity index (χ1n) is 8.04. The highest BCUT2D eigenvalue weighted by Gasteiger charge is 2.18. The van der Waals surface area contributed by atoms with E-state index in [-0.39, 0.29) is 5.91 Å². The SMILES string of the molecule is Cc1nc2cc(NC(=O)c3cncc4c3CCNC4)ccc2n1C. The normalized spacial score (nSPS) is 13.8. The molecule has 122 valence electrons. The van der Waals surface area contributed by atoms with E-state index in [2.05, 4.69) is 20.6 Å². The van der Waals surface area contributed by atoms with Crippen LogP contribution in [-0.4, -0.2) is 27.0 Å². The number of imidazole rings is 1. The van der Waals surface area contributed by atoms with Crippen LogP contribution in [0.1, 0.15) is 27.3 Å². The number of aryl methyl sites for hydroxylation is 2. The molecular formula is C18H19N5O. The van der Waals surface area contributed by atoms with Gasteiger partial charge in [-0.2, -0.15) is 0 Å².